The highest BCUT2D eigenvalue weighted by Crippen LogP contribution is 2.09. The van der Waals surface area contributed by atoms with Crippen molar-refractivity contribution in [2.45, 2.75) is 39.2 Å². The first kappa shape index (κ1) is 13.5. The maximum absolute atomic E-state index is 12.1. The molecule has 0 unspecified atom stereocenters. The molecule has 1 atom stereocenters. The molecule has 0 spiro atoms. The molecule has 0 radical (unpaired) electrons. The molecule has 1 N–H and O–H groups in total. The summed E-state index contributed by atoms with van der Waals surface area (Å²) in [5.41, 5.74) is 0. The second kappa shape index (κ2) is 7.63. The number of nitrogens with zero attached hydrogens (tertiary/aromatic N) is 1. The molecular formula is C12H24N2O2. The van der Waals surface area contributed by atoms with Crippen LogP contribution >= 0.6 is 0 Å². The number of nitrogens with one attached hydrogen (secondary N) is 1. The number of piperidine rings is 1. The molecule has 0 aliphatic carbocycles. The van der Waals surface area contributed by atoms with Crippen LogP contribution in [0, 0.1) is 0 Å². The van der Waals surface area contributed by atoms with Crippen molar-refractivity contribution >= 4 is 5.91 Å². The van der Waals surface area contributed by atoms with E-state index in [2.05, 4.69) is 5.32 Å². The van der Waals surface area contributed by atoms with Crippen molar-refractivity contribution in [2.75, 3.05) is 32.8 Å². The van der Waals surface area contributed by atoms with E-state index in [0.717, 1.165) is 25.9 Å². The number of amides is 1. The molecule has 1 heterocycles. The van der Waals surface area contributed by atoms with E-state index < -0.39 is 0 Å². The smallest absolute Gasteiger partial charge is 0.239 e. The number of carbonyl (C=O) groups excluding carboxylic acids is 1. The van der Waals surface area contributed by atoms with E-state index >= 15 is 0 Å². The van der Waals surface area contributed by atoms with Gasteiger partial charge in [-0.15, -0.1) is 0 Å². The summed E-state index contributed by atoms with van der Waals surface area (Å²) in [4.78, 5) is 14.0. The third-order valence-corrected chi connectivity index (χ3v) is 3.01. The molecule has 0 saturated carbocycles. The Hall–Kier alpha value is -0.610. The second-order valence-corrected chi connectivity index (χ2v) is 4.12. The van der Waals surface area contributed by atoms with E-state index in [4.69, 9.17) is 4.74 Å². The van der Waals surface area contributed by atoms with E-state index in [1.54, 1.807) is 0 Å². The first-order valence-electron chi connectivity index (χ1n) is 6.39. The van der Waals surface area contributed by atoms with Crippen LogP contribution in [0.1, 0.15) is 33.1 Å². The van der Waals surface area contributed by atoms with Crippen LogP contribution in [-0.4, -0.2) is 49.7 Å². The van der Waals surface area contributed by atoms with Crippen molar-refractivity contribution in [1.82, 2.24) is 10.2 Å². The Balaban J connectivity index is 2.35. The fraction of sp³-hybridized carbons (Fsp3) is 0.917. The third-order valence-electron chi connectivity index (χ3n) is 3.01. The average Bonchev–Trinajstić information content (AvgIpc) is 2.35. The van der Waals surface area contributed by atoms with Crippen molar-refractivity contribution in [3.8, 4) is 0 Å². The van der Waals surface area contributed by atoms with Crippen LogP contribution in [-0.2, 0) is 9.53 Å². The van der Waals surface area contributed by atoms with Gasteiger partial charge < -0.3 is 15.0 Å². The number of ether oxygens (including phenoxy) is 1. The average molecular weight is 228 g/mol. The minimum Gasteiger partial charge on any atom is -0.380 e. The molecule has 1 rings (SSSR count). The molecule has 0 bridgehead atoms. The molecule has 0 aromatic carbocycles. The van der Waals surface area contributed by atoms with Crippen LogP contribution in [0.15, 0.2) is 0 Å². The summed E-state index contributed by atoms with van der Waals surface area (Å²) in [6.07, 6.45) is 3.32. The number of rotatable bonds is 6. The van der Waals surface area contributed by atoms with Gasteiger partial charge in [0.2, 0.25) is 5.91 Å². The van der Waals surface area contributed by atoms with Gasteiger partial charge in [-0.25, -0.2) is 0 Å². The minimum atomic E-state index is 0.0373. The summed E-state index contributed by atoms with van der Waals surface area (Å²) >= 11 is 0. The van der Waals surface area contributed by atoms with Gasteiger partial charge in [-0.05, 0) is 33.2 Å². The van der Waals surface area contributed by atoms with Crippen molar-refractivity contribution in [3.05, 3.63) is 0 Å². The second-order valence-electron chi connectivity index (χ2n) is 4.12. The number of hydrogen-bond donors (Lipinski definition) is 1. The van der Waals surface area contributed by atoms with Crippen LogP contribution < -0.4 is 5.32 Å². The molecule has 94 valence electrons. The van der Waals surface area contributed by atoms with Gasteiger partial charge in [0.1, 0.15) is 0 Å². The molecule has 1 amide bonds. The lowest BCUT2D eigenvalue weighted by Crippen LogP contribution is -2.49. The zero-order chi connectivity index (χ0) is 11.8. The molecule has 1 saturated heterocycles. The lowest BCUT2D eigenvalue weighted by molar-refractivity contribution is -0.134. The molecule has 4 nitrogen and oxygen atoms in total. The van der Waals surface area contributed by atoms with Gasteiger partial charge in [0.25, 0.3) is 0 Å². The van der Waals surface area contributed by atoms with Crippen LogP contribution in [0.25, 0.3) is 0 Å². The minimum absolute atomic E-state index is 0.0373. The first-order chi connectivity index (χ1) is 7.79. The van der Waals surface area contributed by atoms with Gasteiger partial charge in [0, 0.05) is 19.7 Å². The Morgan fingerprint density at radius 2 is 2.25 bits per heavy atom. The van der Waals surface area contributed by atoms with Gasteiger partial charge in [0.15, 0.2) is 0 Å². The Morgan fingerprint density at radius 3 is 2.81 bits per heavy atom. The summed E-state index contributed by atoms with van der Waals surface area (Å²) in [5, 5.41) is 3.29. The quantitative estimate of drug-likeness (QED) is 0.690. The van der Waals surface area contributed by atoms with Crippen molar-refractivity contribution in [1.29, 1.82) is 0 Å². The van der Waals surface area contributed by atoms with Gasteiger partial charge in [-0.2, -0.15) is 0 Å². The van der Waals surface area contributed by atoms with Gasteiger partial charge in [0.05, 0.1) is 12.6 Å². The summed E-state index contributed by atoms with van der Waals surface area (Å²) in [7, 11) is 0. The van der Waals surface area contributed by atoms with Crippen LogP contribution in [0.4, 0.5) is 0 Å². The zero-order valence-corrected chi connectivity index (χ0v) is 10.5. The highest BCUT2D eigenvalue weighted by atomic mass is 16.5. The Kier molecular flexibility index (Phi) is 6.42. The van der Waals surface area contributed by atoms with Gasteiger partial charge in [-0.3, -0.25) is 4.79 Å². The zero-order valence-electron chi connectivity index (χ0n) is 10.5. The number of likely N-dealkylation sites (N-methyl/N-ethyl adjacent to an activating group) is 1. The molecular weight excluding hydrogens is 204 g/mol. The summed E-state index contributed by atoms with van der Waals surface area (Å²) in [6.45, 7) is 7.80. The monoisotopic (exact) mass is 228 g/mol. The molecule has 1 aliphatic heterocycles. The third kappa shape index (κ3) is 4.10. The van der Waals surface area contributed by atoms with E-state index in [9.17, 15) is 4.79 Å². The van der Waals surface area contributed by atoms with Gasteiger partial charge in [-0.1, -0.05) is 6.42 Å². The standard InChI is InChI=1S/C12H24N2O2/c1-3-14(9-10-16-4-2)12(15)11-7-5-6-8-13-11/h11,13H,3-10H2,1-2H3/t11-/m0/s1. The Morgan fingerprint density at radius 1 is 1.44 bits per heavy atom. The maximum atomic E-state index is 12.1. The molecule has 1 fully saturated rings. The summed E-state index contributed by atoms with van der Waals surface area (Å²) in [5.74, 6) is 0.238. The largest absolute Gasteiger partial charge is 0.380 e. The Labute approximate surface area is 98.3 Å². The van der Waals surface area contributed by atoms with Crippen molar-refractivity contribution < 1.29 is 9.53 Å². The maximum Gasteiger partial charge on any atom is 0.239 e. The van der Waals surface area contributed by atoms with E-state index in [-0.39, 0.29) is 11.9 Å². The van der Waals surface area contributed by atoms with Crippen LogP contribution in [0.3, 0.4) is 0 Å². The Bertz CT molecular complexity index is 203. The lowest BCUT2D eigenvalue weighted by Gasteiger charge is -2.29. The van der Waals surface area contributed by atoms with E-state index in [0.29, 0.717) is 19.8 Å². The fourth-order valence-corrected chi connectivity index (χ4v) is 2.03. The highest BCUT2D eigenvalue weighted by molar-refractivity contribution is 5.81. The highest BCUT2D eigenvalue weighted by Gasteiger charge is 2.24. The predicted octanol–water partition coefficient (Wildman–Crippen LogP) is 1.01. The van der Waals surface area contributed by atoms with Crippen LogP contribution in [0.2, 0.25) is 0 Å². The van der Waals surface area contributed by atoms with E-state index in [1.165, 1.54) is 6.42 Å². The predicted molar refractivity (Wildman–Crippen MR) is 64.4 cm³/mol. The molecule has 16 heavy (non-hydrogen) atoms. The van der Waals surface area contributed by atoms with Crippen LogP contribution in [0.5, 0.6) is 0 Å². The lowest BCUT2D eigenvalue weighted by atomic mass is 10.0. The molecule has 4 heteroatoms. The van der Waals surface area contributed by atoms with E-state index in [1.807, 2.05) is 18.7 Å². The van der Waals surface area contributed by atoms with Crippen molar-refractivity contribution in [2.24, 2.45) is 0 Å². The SMILES string of the molecule is CCOCCN(CC)C(=O)[C@@H]1CCCCN1. The number of hydrogen-bond acceptors (Lipinski definition) is 3. The molecule has 1 aliphatic rings. The molecule has 0 aromatic rings. The normalized spacial score (nSPS) is 20.8. The fourth-order valence-electron chi connectivity index (χ4n) is 2.03. The topological polar surface area (TPSA) is 41.6 Å². The summed E-state index contributed by atoms with van der Waals surface area (Å²) < 4.78 is 5.29. The van der Waals surface area contributed by atoms with Crippen molar-refractivity contribution in [3.63, 3.8) is 0 Å². The van der Waals surface area contributed by atoms with Gasteiger partial charge >= 0.3 is 0 Å². The number of carbonyl (C=O) groups is 1. The first-order valence-corrected chi connectivity index (χ1v) is 6.39. The summed E-state index contributed by atoms with van der Waals surface area (Å²) in [6, 6.07) is 0.0373. The molecule has 0 aromatic heterocycles.